The molecule has 0 fully saturated rings. The van der Waals surface area contributed by atoms with E-state index in [9.17, 15) is 14.0 Å². The predicted molar refractivity (Wildman–Crippen MR) is 79.8 cm³/mol. The van der Waals surface area contributed by atoms with Gasteiger partial charge in [-0.3, -0.25) is 0 Å². The first-order chi connectivity index (χ1) is 10.5. The van der Waals surface area contributed by atoms with Crippen LogP contribution >= 0.6 is 11.6 Å². The van der Waals surface area contributed by atoms with Crippen molar-refractivity contribution < 1.29 is 18.7 Å². The molecule has 3 rings (SSSR count). The number of carbonyl (C=O) groups is 1. The van der Waals surface area contributed by atoms with E-state index in [0.29, 0.717) is 16.5 Å². The molecule has 1 N–H and O–H groups in total. The van der Waals surface area contributed by atoms with Crippen LogP contribution in [0.4, 0.5) is 4.39 Å². The molecule has 0 aliphatic carbocycles. The van der Waals surface area contributed by atoms with Gasteiger partial charge >= 0.3 is 11.6 Å². The highest BCUT2D eigenvalue weighted by Crippen LogP contribution is 2.33. The molecule has 0 aliphatic heterocycles. The van der Waals surface area contributed by atoms with Crippen molar-refractivity contribution in [2.45, 2.75) is 0 Å². The number of halogens is 2. The SMILES string of the molecule is O=C(O)c1ccc2c(-c3ccc(F)cc3Cl)cc(=O)oc2c1. The molecule has 3 aromatic rings. The van der Waals surface area contributed by atoms with Gasteiger partial charge in [0.05, 0.1) is 10.6 Å². The van der Waals surface area contributed by atoms with E-state index >= 15 is 0 Å². The lowest BCUT2D eigenvalue weighted by molar-refractivity contribution is 0.0697. The summed E-state index contributed by atoms with van der Waals surface area (Å²) < 4.78 is 18.2. The average Bonchev–Trinajstić information content (AvgIpc) is 2.45. The molecular formula is C16H8ClFO4. The van der Waals surface area contributed by atoms with Crippen molar-refractivity contribution in [1.82, 2.24) is 0 Å². The molecule has 22 heavy (non-hydrogen) atoms. The normalized spacial score (nSPS) is 10.8. The van der Waals surface area contributed by atoms with Crippen molar-refractivity contribution >= 4 is 28.5 Å². The van der Waals surface area contributed by atoms with Gasteiger partial charge in [0, 0.05) is 22.6 Å². The monoisotopic (exact) mass is 318 g/mol. The van der Waals surface area contributed by atoms with Gasteiger partial charge in [0.2, 0.25) is 0 Å². The fraction of sp³-hybridized carbons (Fsp3) is 0. The van der Waals surface area contributed by atoms with Crippen LogP contribution in [0.1, 0.15) is 10.4 Å². The van der Waals surface area contributed by atoms with E-state index in [1.54, 1.807) is 0 Å². The first-order valence-electron chi connectivity index (χ1n) is 6.22. The van der Waals surface area contributed by atoms with Crippen molar-refractivity contribution in [3.8, 4) is 11.1 Å². The maximum absolute atomic E-state index is 13.2. The molecule has 0 amide bonds. The van der Waals surface area contributed by atoms with Gasteiger partial charge in [-0.2, -0.15) is 0 Å². The summed E-state index contributed by atoms with van der Waals surface area (Å²) >= 11 is 6.03. The second-order valence-corrected chi connectivity index (χ2v) is 5.03. The summed E-state index contributed by atoms with van der Waals surface area (Å²) in [5.74, 6) is -1.62. The summed E-state index contributed by atoms with van der Waals surface area (Å²) in [6, 6.07) is 9.25. The molecule has 2 aromatic carbocycles. The van der Waals surface area contributed by atoms with Crippen LogP contribution in [0.5, 0.6) is 0 Å². The summed E-state index contributed by atoms with van der Waals surface area (Å²) in [4.78, 5) is 22.7. The number of aromatic carboxylic acids is 1. The zero-order valence-electron chi connectivity index (χ0n) is 11.0. The molecule has 0 radical (unpaired) electrons. The van der Waals surface area contributed by atoms with Crippen LogP contribution < -0.4 is 5.63 Å². The molecular weight excluding hydrogens is 311 g/mol. The second kappa shape index (κ2) is 5.27. The number of carboxylic acids is 1. The van der Waals surface area contributed by atoms with Gasteiger partial charge in [0.25, 0.3) is 0 Å². The van der Waals surface area contributed by atoms with Gasteiger partial charge in [0.1, 0.15) is 11.4 Å². The lowest BCUT2D eigenvalue weighted by atomic mass is 10.0. The second-order valence-electron chi connectivity index (χ2n) is 4.62. The molecule has 0 saturated carbocycles. The van der Waals surface area contributed by atoms with Crippen LogP contribution in [0.15, 0.2) is 51.7 Å². The van der Waals surface area contributed by atoms with E-state index in [1.165, 1.54) is 36.4 Å². The molecule has 110 valence electrons. The number of fused-ring (bicyclic) bond motifs is 1. The number of rotatable bonds is 2. The molecule has 0 saturated heterocycles. The Kier molecular flexibility index (Phi) is 3.42. The predicted octanol–water partition coefficient (Wildman–Crippen LogP) is 3.95. The van der Waals surface area contributed by atoms with E-state index < -0.39 is 17.4 Å². The standard InChI is InChI=1S/C16H8ClFO4/c17-13-6-9(18)2-4-10(13)12-7-15(19)22-14-5-8(16(20)21)1-3-11(12)14/h1-7H,(H,20,21). The third-order valence-electron chi connectivity index (χ3n) is 3.21. The summed E-state index contributed by atoms with van der Waals surface area (Å²) in [6.45, 7) is 0. The van der Waals surface area contributed by atoms with Gasteiger partial charge in [-0.25, -0.2) is 14.0 Å². The number of hydrogen-bond donors (Lipinski definition) is 1. The van der Waals surface area contributed by atoms with Crippen LogP contribution in [0, 0.1) is 5.82 Å². The van der Waals surface area contributed by atoms with Gasteiger partial charge < -0.3 is 9.52 Å². The maximum atomic E-state index is 13.2. The lowest BCUT2D eigenvalue weighted by Gasteiger charge is -2.08. The molecule has 1 heterocycles. The van der Waals surface area contributed by atoms with E-state index in [4.69, 9.17) is 21.1 Å². The fourth-order valence-corrected chi connectivity index (χ4v) is 2.50. The van der Waals surface area contributed by atoms with E-state index in [-0.39, 0.29) is 16.2 Å². The highest BCUT2D eigenvalue weighted by atomic mass is 35.5. The third-order valence-corrected chi connectivity index (χ3v) is 3.53. The summed E-state index contributed by atoms with van der Waals surface area (Å²) in [5, 5.41) is 9.65. The molecule has 6 heteroatoms. The molecule has 0 aliphatic rings. The van der Waals surface area contributed by atoms with E-state index in [1.807, 2.05) is 0 Å². The van der Waals surface area contributed by atoms with Gasteiger partial charge in [-0.15, -0.1) is 0 Å². The van der Waals surface area contributed by atoms with Gasteiger partial charge in [0.15, 0.2) is 0 Å². The Bertz CT molecular complexity index is 962. The lowest BCUT2D eigenvalue weighted by Crippen LogP contribution is -2.01. The van der Waals surface area contributed by atoms with Crippen LogP contribution in [-0.2, 0) is 0 Å². The Morgan fingerprint density at radius 3 is 2.55 bits per heavy atom. The molecule has 0 bridgehead atoms. The minimum absolute atomic E-state index is 0.00185. The molecule has 4 nitrogen and oxygen atoms in total. The largest absolute Gasteiger partial charge is 0.478 e. The first-order valence-corrected chi connectivity index (χ1v) is 6.60. The third kappa shape index (κ3) is 2.46. The Labute approximate surface area is 128 Å². The minimum Gasteiger partial charge on any atom is -0.478 e. The summed E-state index contributed by atoms with van der Waals surface area (Å²) in [7, 11) is 0. The molecule has 0 unspecified atom stereocenters. The minimum atomic E-state index is -1.13. The Morgan fingerprint density at radius 2 is 1.86 bits per heavy atom. The summed E-state index contributed by atoms with van der Waals surface area (Å²) in [5.41, 5.74) is 0.392. The van der Waals surface area contributed by atoms with Crippen LogP contribution in [-0.4, -0.2) is 11.1 Å². The van der Waals surface area contributed by atoms with E-state index in [0.717, 1.165) is 6.07 Å². The van der Waals surface area contributed by atoms with E-state index in [2.05, 4.69) is 0 Å². The van der Waals surface area contributed by atoms with Crippen molar-refractivity contribution in [2.75, 3.05) is 0 Å². The van der Waals surface area contributed by atoms with Gasteiger partial charge in [-0.1, -0.05) is 11.6 Å². The zero-order chi connectivity index (χ0) is 15.9. The average molecular weight is 319 g/mol. The van der Waals surface area contributed by atoms with Crippen LogP contribution in [0.3, 0.4) is 0 Å². The van der Waals surface area contributed by atoms with Crippen LogP contribution in [0.2, 0.25) is 5.02 Å². The zero-order valence-corrected chi connectivity index (χ0v) is 11.7. The van der Waals surface area contributed by atoms with Crippen molar-refractivity contribution in [3.05, 3.63) is 69.3 Å². The van der Waals surface area contributed by atoms with Crippen molar-refractivity contribution in [1.29, 1.82) is 0 Å². The molecule has 0 spiro atoms. The number of hydrogen-bond acceptors (Lipinski definition) is 3. The highest BCUT2D eigenvalue weighted by molar-refractivity contribution is 6.33. The smallest absolute Gasteiger partial charge is 0.336 e. The summed E-state index contributed by atoms with van der Waals surface area (Å²) in [6.07, 6.45) is 0. The number of benzene rings is 2. The first kappa shape index (κ1) is 14.3. The number of carboxylic acid groups (broad SMARTS) is 1. The highest BCUT2D eigenvalue weighted by Gasteiger charge is 2.13. The Morgan fingerprint density at radius 1 is 1.09 bits per heavy atom. The van der Waals surface area contributed by atoms with Crippen molar-refractivity contribution in [2.24, 2.45) is 0 Å². The topological polar surface area (TPSA) is 67.5 Å². The van der Waals surface area contributed by atoms with Crippen LogP contribution in [0.25, 0.3) is 22.1 Å². The maximum Gasteiger partial charge on any atom is 0.336 e. The van der Waals surface area contributed by atoms with Crippen molar-refractivity contribution in [3.63, 3.8) is 0 Å². The van der Waals surface area contributed by atoms with Gasteiger partial charge in [-0.05, 0) is 36.4 Å². The molecule has 0 atom stereocenters. The molecule has 1 aromatic heterocycles. The Hall–Kier alpha value is -2.66. The Balaban J connectivity index is 2.34. The fourth-order valence-electron chi connectivity index (χ4n) is 2.23. The quantitative estimate of drug-likeness (QED) is 0.726.